The molecule has 0 bridgehead atoms. The lowest BCUT2D eigenvalue weighted by atomic mass is 9.96. The van der Waals surface area contributed by atoms with E-state index in [1.54, 1.807) is 22.4 Å². The molecule has 0 saturated carbocycles. The normalized spacial score (nSPS) is 15.9. The minimum Gasteiger partial charge on any atom is -0.493 e. The molecule has 0 N–H and O–H groups in total. The van der Waals surface area contributed by atoms with Crippen molar-refractivity contribution in [2.45, 2.75) is 30.4 Å². The van der Waals surface area contributed by atoms with Crippen LogP contribution in [0.2, 0.25) is 0 Å². The molecule has 0 atom stereocenters. The molecule has 1 aliphatic rings. The third kappa shape index (κ3) is 5.38. The molecular weight excluding hydrogens is 408 g/mol. The Bertz CT molecular complexity index is 905. The molecule has 3 rings (SSSR count). The van der Waals surface area contributed by atoms with Gasteiger partial charge in [-0.2, -0.15) is 4.31 Å². The zero-order valence-electron chi connectivity index (χ0n) is 16.9. The van der Waals surface area contributed by atoms with Crippen molar-refractivity contribution in [2.24, 2.45) is 5.92 Å². The first-order valence-corrected chi connectivity index (χ1v) is 12.2. The largest absolute Gasteiger partial charge is 0.493 e. The van der Waals surface area contributed by atoms with E-state index in [4.69, 9.17) is 4.74 Å². The van der Waals surface area contributed by atoms with E-state index in [9.17, 15) is 13.2 Å². The van der Waals surface area contributed by atoms with Crippen LogP contribution in [0.25, 0.3) is 0 Å². The molecule has 1 aromatic carbocycles. The second-order valence-corrected chi connectivity index (χ2v) is 10.5. The van der Waals surface area contributed by atoms with Crippen LogP contribution < -0.4 is 4.74 Å². The Kier molecular flexibility index (Phi) is 7.32. The molecule has 8 heteroatoms. The van der Waals surface area contributed by atoms with Gasteiger partial charge in [-0.05, 0) is 49.3 Å². The number of hydrogen-bond donors (Lipinski definition) is 0. The molecule has 1 saturated heterocycles. The Morgan fingerprint density at radius 1 is 1.21 bits per heavy atom. The van der Waals surface area contributed by atoms with Crippen molar-refractivity contribution in [2.75, 3.05) is 33.3 Å². The highest BCUT2D eigenvalue weighted by atomic mass is 32.2. The van der Waals surface area contributed by atoms with Crippen LogP contribution in [-0.4, -0.2) is 56.8 Å². The van der Waals surface area contributed by atoms with Gasteiger partial charge in [0.05, 0.1) is 6.61 Å². The average molecular weight is 437 g/mol. The van der Waals surface area contributed by atoms with Crippen LogP contribution in [0.5, 0.6) is 5.75 Å². The molecule has 0 radical (unpaired) electrons. The fourth-order valence-electron chi connectivity index (χ4n) is 3.50. The van der Waals surface area contributed by atoms with Gasteiger partial charge in [-0.15, -0.1) is 11.3 Å². The van der Waals surface area contributed by atoms with Crippen LogP contribution in [0.3, 0.4) is 0 Å². The number of rotatable bonds is 8. The summed E-state index contributed by atoms with van der Waals surface area (Å²) in [6.07, 6.45) is 1.88. The van der Waals surface area contributed by atoms with Crippen LogP contribution in [0, 0.1) is 12.8 Å². The third-order valence-electron chi connectivity index (χ3n) is 5.26. The lowest BCUT2D eigenvalue weighted by molar-refractivity contribution is -0.135. The van der Waals surface area contributed by atoms with Crippen LogP contribution in [-0.2, 0) is 14.8 Å². The first kappa shape index (κ1) is 21.8. The van der Waals surface area contributed by atoms with Crippen molar-refractivity contribution in [1.29, 1.82) is 0 Å². The standard InChI is InChI=1S/C21H28N2O4S2/c1-17-7-3-4-8-19(17)27-15-6-12-22(2)21(24)18-10-13-23(14-11-18)29(25,26)20-9-5-16-28-20/h3-5,7-9,16,18H,6,10-15H2,1-2H3. The highest BCUT2D eigenvalue weighted by Gasteiger charge is 2.33. The fourth-order valence-corrected chi connectivity index (χ4v) is 6.12. The molecule has 0 unspecified atom stereocenters. The zero-order valence-corrected chi connectivity index (χ0v) is 18.5. The number of aryl methyl sites for hydroxylation is 1. The van der Waals surface area contributed by atoms with Gasteiger partial charge in [0.15, 0.2) is 0 Å². The maximum atomic E-state index is 12.7. The van der Waals surface area contributed by atoms with Crippen molar-refractivity contribution < 1.29 is 17.9 Å². The molecule has 0 spiro atoms. The SMILES string of the molecule is Cc1ccccc1OCCCN(C)C(=O)C1CCN(S(=O)(=O)c2cccs2)CC1. The number of piperidine rings is 1. The predicted molar refractivity (Wildman–Crippen MR) is 115 cm³/mol. The molecule has 2 heterocycles. The second-order valence-electron chi connectivity index (χ2n) is 7.34. The summed E-state index contributed by atoms with van der Waals surface area (Å²) in [6.45, 7) is 3.97. The van der Waals surface area contributed by atoms with Gasteiger partial charge in [-0.3, -0.25) is 4.79 Å². The molecule has 0 aliphatic carbocycles. The van der Waals surface area contributed by atoms with E-state index in [1.807, 2.05) is 38.2 Å². The number of para-hydroxylation sites is 1. The molecular formula is C21H28N2O4S2. The lowest BCUT2D eigenvalue weighted by Gasteiger charge is -2.32. The molecule has 158 valence electrons. The summed E-state index contributed by atoms with van der Waals surface area (Å²) < 4.78 is 32.9. The second kappa shape index (κ2) is 9.73. The van der Waals surface area contributed by atoms with Gasteiger partial charge in [0, 0.05) is 32.6 Å². The van der Waals surface area contributed by atoms with Crippen molar-refractivity contribution in [3.63, 3.8) is 0 Å². The summed E-state index contributed by atoms with van der Waals surface area (Å²) in [5, 5.41) is 1.76. The minimum atomic E-state index is -3.43. The maximum Gasteiger partial charge on any atom is 0.252 e. The van der Waals surface area contributed by atoms with Gasteiger partial charge in [0.25, 0.3) is 10.0 Å². The number of amides is 1. The van der Waals surface area contributed by atoms with Crippen molar-refractivity contribution in [3.8, 4) is 5.75 Å². The van der Waals surface area contributed by atoms with E-state index in [2.05, 4.69) is 0 Å². The first-order valence-electron chi connectivity index (χ1n) is 9.86. The summed E-state index contributed by atoms with van der Waals surface area (Å²) in [6, 6.07) is 11.3. The lowest BCUT2D eigenvalue weighted by Crippen LogP contribution is -2.43. The Labute approximate surface area is 177 Å². The number of benzene rings is 1. The molecule has 1 aliphatic heterocycles. The number of ether oxygens (including phenoxy) is 1. The first-order chi connectivity index (χ1) is 13.9. The predicted octanol–water partition coefficient (Wildman–Crippen LogP) is 3.38. The zero-order chi connectivity index (χ0) is 20.9. The van der Waals surface area contributed by atoms with Crippen molar-refractivity contribution in [3.05, 3.63) is 47.3 Å². The van der Waals surface area contributed by atoms with Gasteiger partial charge in [0.2, 0.25) is 5.91 Å². The number of thiophene rings is 1. The van der Waals surface area contributed by atoms with Crippen molar-refractivity contribution >= 4 is 27.3 Å². The third-order valence-corrected chi connectivity index (χ3v) is 8.53. The van der Waals surface area contributed by atoms with E-state index in [0.717, 1.165) is 17.7 Å². The number of sulfonamides is 1. The van der Waals surface area contributed by atoms with Crippen LogP contribution in [0.15, 0.2) is 46.0 Å². The highest BCUT2D eigenvalue weighted by molar-refractivity contribution is 7.91. The molecule has 1 amide bonds. The fraction of sp³-hybridized carbons (Fsp3) is 0.476. The Morgan fingerprint density at radius 2 is 1.93 bits per heavy atom. The minimum absolute atomic E-state index is 0.0917. The van der Waals surface area contributed by atoms with E-state index in [0.29, 0.717) is 43.3 Å². The van der Waals surface area contributed by atoms with E-state index in [1.165, 1.54) is 15.6 Å². The van der Waals surface area contributed by atoms with E-state index < -0.39 is 10.0 Å². The topological polar surface area (TPSA) is 66.9 Å². The van der Waals surface area contributed by atoms with Crippen molar-refractivity contribution in [1.82, 2.24) is 9.21 Å². The average Bonchev–Trinajstić information content (AvgIpc) is 3.27. The number of carbonyl (C=O) groups is 1. The number of hydrogen-bond acceptors (Lipinski definition) is 5. The van der Waals surface area contributed by atoms with Crippen LogP contribution >= 0.6 is 11.3 Å². The van der Waals surface area contributed by atoms with Gasteiger partial charge >= 0.3 is 0 Å². The summed E-state index contributed by atoms with van der Waals surface area (Å²) >= 11 is 1.23. The number of nitrogens with zero attached hydrogens (tertiary/aromatic N) is 2. The summed E-state index contributed by atoms with van der Waals surface area (Å²) in [4.78, 5) is 14.5. The van der Waals surface area contributed by atoms with Gasteiger partial charge in [-0.1, -0.05) is 24.3 Å². The van der Waals surface area contributed by atoms with Gasteiger partial charge in [-0.25, -0.2) is 8.42 Å². The summed E-state index contributed by atoms with van der Waals surface area (Å²) in [5.74, 6) is 0.849. The van der Waals surface area contributed by atoms with E-state index >= 15 is 0 Å². The van der Waals surface area contributed by atoms with Gasteiger partial charge < -0.3 is 9.64 Å². The smallest absolute Gasteiger partial charge is 0.252 e. The molecule has 2 aromatic rings. The monoisotopic (exact) mass is 436 g/mol. The Morgan fingerprint density at radius 3 is 2.59 bits per heavy atom. The molecule has 29 heavy (non-hydrogen) atoms. The molecule has 6 nitrogen and oxygen atoms in total. The van der Waals surface area contributed by atoms with Gasteiger partial charge in [0.1, 0.15) is 9.96 Å². The number of carbonyl (C=O) groups excluding carboxylic acids is 1. The quantitative estimate of drug-likeness (QED) is 0.595. The maximum absolute atomic E-state index is 12.7. The Balaban J connectivity index is 1.42. The molecule has 1 fully saturated rings. The van der Waals surface area contributed by atoms with Crippen LogP contribution in [0.1, 0.15) is 24.8 Å². The summed E-state index contributed by atoms with van der Waals surface area (Å²) in [5.41, 5.74) is 1.10. The summed E-state index contributed by atoms with van der Waals surface area (Å²) in [7, 11) is -1.61. The molecule has 1 aromatic heterocycles. The van der Waals surface area contributed by atoms with E-state index in [-0.39, 0.29) is 11.8 Å². The van der Waals surface area contributed by atoms with Crippen LogP contribution in [0.4, 0.5) is 0 Å². The Hall–Kier alpha value is -1.90. The highest BCUT2D eigenvalue weighted by Crippen LogP contribution is 2.27.